The zero-order valence-corrected chi connectivity index (χ0v) is 17.3. The third kappa shape index (κ3) is 6.77. The molecule has 1 aromatic carbocycles. The molecule has 0 radical (unpaired) electrons. The Hall–Kier alpha value is -2.74. The molecule has 0 saturated carbocycles. The molecule has 2 rings (SSSR count). The van der Waals surface area contributed by atoms with Crippen LogP contribution in [0.5, 0.6) is 0 Å². The van der Waals surface area contributed by atoms with E-state index in [1.54, 1.807) is 0 Å². The number of hydrogen-bond donors (Lipinski definition) is 2. The maximum Gasteiger partial charge on any atom is 0.412 e. The summed E-state index contributed by atoms with van der Waals surface area (Å²) in [4.78, 5) is 12.3. The third-order valence-corrected chi connectivity index (χ3v) is 4.63. The highest BCUT2D eigenvalue weighted by Gasteiger charge is 2.19. The van der Waals surface area contributed by atoms with Gasteiger partial charge in [0.1, 0.15) is 5.60 Å². The van der Waals surface area contributed by atoms with E-state index in [1.165, 1.54) is 0 Å². The molecule has 5 heteroatoms. The zero-order valence-electron chi connectivity index (χ0n) is 17.3. The van der Waals surface area contributed by atoms with Gasteiger partial charge in [-0.05, 0) is 63.1 Å². The molecule has 1 amide bonds. The number of benzene rings is 1. The summed E-state index contributed by atoms with van der Waals surface area (Å²) < 4.78 is 5.42. The monoisotopic (exact) mass is 381 g/mol. The first-order valence-corrected chi connectivity index (χ1v) is 9.79. The summed E-state index contributed by atoms with van der Waals surface area (Å²) in [6.07, 6.45) is 4.39. The summed E-state index contributed by atoms with van der Waals surface area (Å²) in [5.41, 5.74) is 3.18. The number of allylic oxidation sites excluding steroid dienone is 2. The van der Waals surface area contributed by atoms with Crippen LogP contribution in [-0.2, 0) is 11.2 Å². The molecule has 2 N–H and O–H groups in total. The Balaban J connectivity index is 2.33. The highest BCUT2D eigenvalue weighted by Crippen LogP contribution is 2.22. The SMILES string of the molecule is C=C1N[C@@H](CC#N)Cc2cccc(c2)/C(NC(=O)OC(C)(C)C)=C\CCC1C. The van der Waals surface area contributed by atoms with Crippen LogP contribution >= 0.6 is 0 Å². The molecule has 0 spiro atoms. The maximum atomic E-state index is 12.3. The lowest BCUT2D eigenvalue weighted by atomic mass is 9.95. The Morgan fingerprint density at radius 2 is 2.18 bits per heavy atom. The predicted octanol–water partition coefficient (Wildman–Crippen LogP) is 4.91. The minimum absolute atomic E-state index is 0.0147. The number of amides is 1. The fraction of sp³-hybridized carbons (Fsp3) is 0.478. The number of fused-ring (bicyclic) bond motifs is 2. The van der Waals surface area contributed by atoms with Gasteiger partial charge in [0.2, 0.25) is 0 Å². The van der Waals surface area contributed by atoms with Crippen LogP contribution in [0.1, 0.15) is 58.1 Å². The van der Waals surface area contributed by atoms with Gasteiger partial charge in [0.25, 0.3) is 0 Å². The molecular formula is C23H31N3O2. The molecule has 0 aromatic heterocycles. The number of alkyl carbamates (subject to hydrolysis) is 1. The number of carbonyl (C=O) groups is 1. The van der Waals surface area contributed by atoms with Crippen LogP contribution in [-0.4, -0.2) is 17.7 Å². The van der Waals surface area contributed by atoms with E-state index < -0.39 is 11.7 Å². The maximum absolute atomic E-state index is 12.3. The van der Waals surface area contributed by atoms with Crippen molar-refractivity contribution in [2.75, 3.05) is 0 Å². The van der Waals surface area contributed by atoms with E-state index in [0.29, 0.717) is 12.8 Å². The lowest BCUT2D eigenvalue weighted by molar-refractivity contribution is 0.0558. The van der Waals surface area contributed by atoms with Crippen molar-refractivity contribution in [2.45, 2.75) is 65.0 Å². The molecule has 0 saturated heterocycles. The van der Waals surface area contributed by atoms with Crippen LogP contribution in [0.2, 0.25) is 0 Å². The molecule has 28 heavy (non-hydrogen) atoms. The van der Waals surface area contributed by atoms with E-state index >= 15 is 0 Å². The van der Waals surface area contributed by atoms with Crippen LogP contribution in [0, 0.1) is 17.2 Å². The Morgan fingerprint density at radius 1 is 1.43 bits per heavy atom. The molecule has 1 aliphatic rings. The summed E-state index contributed by atoms with van der Waals surface area (Å²) in [6.45, 7) is 11.8. The summed E-state index contributed by atoms with van der Waals surface area (Å²) in [7, 11) is 0. The van der Waals surface area contributed by atoms with Crippen molar-refractivity contribution >= 4 is 11.8 Å². The number of rotatable bonds is 2. The van der Waals surface area contributed by atoms with Crippen LogP contribution in [0.25, 0.3) is 5.70 Å². The van der Waals surface area contributed by atoms with Gasteiger partial charge in [-0.3, -0.25) is 5.32 Å². The number of hydrogen-bond acceptors (Lipinski definition) is 4. The van der Waals surface area contributed by atoms with Crippen molar-refractivity contribution in [3.63, 3.8) is 0 Å². The van der Waals surface area contributed by atoms with Gasteiger partial charge in [-0.2, -0.15) is 5.26 Å². The van der Waals surface area contributed by atoms with Crippen molar-refractivity contribution in [3.05, 3.63) is 53.7 Å². The van der Waals surface area contributed by atoms with Crippen LogP contribution in [0.15, 0.2) is 42.6 Å². The van der Waals surface area contributed by atoms with Crippen molar-refractivity contribution in [2.24, 2.45) is 5.92 Å². The minimum atomic E-state index is -0.555. The van der Waals surface area contributed by atoms with Gasteiger partial charge < -0.3 is 10.1 Å². The molecule has 2 atom stereocenters. The molecule has 1 heterocycles. The van der Waals surface area contributed by atoms with E-state index in [0.717, 1.165) is 35.4 Å². The molecule has 150 valence electrons. The van der Waals surface area contributed by atoms with Gasteiger partial charge in [-0.1, -0.05) is 37.8 Å². The van der Waals surface area contributed by atoms with E-state index in [1.807, 2.05) is 45.0 Å². The molecule has 0 aliphatic carbocycles. The molecule has 1 unspecified atom stereocenters. The van der Waals surface area contributed by atoms with E-state index in [-0.39, 0.29) is 12.0 Å². The number of nitrogens with one attached hydrogen (secondary N) is 2. The summed E-state index contributed by atoms with van der Waals surface area (Å²) in [6, 6.07) is 10.3. The molecule has 2 bridgehead atoms. The summed E-state index contributed by atoms with van der Waals surface area (Å²) >= 11 is 0. The van der Waals surface area contributed by atoms with Gasteiger partial charge in [-0.25, -0.2) is 4.79 Å². The normalized spacial score (nSPS) is 22.4. The van der Waals surface area contributed by atoms with Gasteiger partial charge in [0.15, 0.2) is 0 Å². The number of carbonyl (C=O) groups excluding carboxylic acids is 1. The zero-order chi connectivity index (χ0) is 20.7. The Kier molecular flexibility index (Phi) is 7.28. The van der Waals surface area contributed by atoms with Crippen molar-refractivity contribution in [1.82, 2.24) is 10.6 Å². The van der Waals surface area contributed by atoms with E-state index in [4.69, 9.17) is 4.74 Å². The first kappa shape index (κ1) is 21.6. The van der Waals surface area contributed by atoms with Crippen molar-refractivity contribution in [3.8, 4) is 6.07 Å². The second kappa shape index (κ2) is 9.45. The van der Waals surface area contributed by atoms with Gasteiger partial charge in [0.05, 0.1) is 12.5 Å². The molecule has 1 aliphatic heterocycles. The van der Waals surface area contributed by atoms with Crippen LogP contribution in [0.3, 0.4) is 0 Å². The second-order valence-electron chi connectivity index (χ2n) is 8.36. The van der Waals surface area contributed by atoms with Gasteiger partial charge in [-0.15, -0.1) is 0 Å². The smallest absolute Gasteiger partial charge is 0.412 e. The first-order chi connectivity index (χ1) is 13.2. The third-order valence-electron chi connectivity index (χ3n) is 4.63. The highest BCUT2D eigenvalue weighted by molar-refractivity contribution is 5.82. The lowest BCUT2D eigenvalue weighted by Crippen LogP contribution is -2.33. The number of nitriles is 1. The van der Waals surface area contributed by atoms with E-state index in [9.17, 15) is 10.1 Å². The van der Waals surface area contributed by atoms with Gasteiger partial charge >= 0.3 is 6.09 Å². The van der Waals surface area contributed by atoms with Gasteiger partial charge in [0, 0.05) is 17.4 Å². The first-order valence-electron chi connectivity index (χ1n) is 9.79. The Morgan fingerprint density at radius 3 is 2.86 bits per heavy atom. The Bertz CT molecular complexity index is 784. The summed E-state index contributed by atoms with van der Waals surface area (Å²) in [5.74, 6) is 0.262. The van der Waals surface area contributed by atoms with E-state index in [2.05, 4.69) is 36.3 Å². The fourth-order valence-electron chi connectivity index (χ4n) is 3.15. The quantitative estimate of drug-likeness (QED) is 0.763. The van der Waals surface area contributed by atoms with Crippen LogP contribution < -0.4 is 10.6 Å². The number of nitrogens with zero attached hydrogens (tertiary/aromatic N) is 1. The average Bonchev–Trinajstić information content (AvgIpc) is 2.58. The van der Waals surface area contributed by atoms with Crippen LogP contribution in [0.4, 0.5) is 4.79 Å². The predicted molar refractivity (Wildman–Crippen MR) is 112 cm³/mol. The molecular weight excluding hydrogens is 350 g/mol. The van der Waals surface area contributed by atoms with Crippen molar-refractivity contribution in [1.29, 1.82) is 5.26 Å². The summed E-state index contributed by atoms with van der Waals surface area (Å²) in [5, 5.41) is 15.5. The fourth-order valence-corrected chi connectivity index (χ4v) is 3.15. The van der Waals surface area contributed by atoms with Crippen molar-refractivity contribution < 1.29 is 9.53 Å². The second-order valence-corrected chi connectivity index (χ2v) is 8.36. The topological polar surface area (TPSA) is 74.2 Å². The molecule has 0 fully saturated rings. The highest BCUT2D eigenvalue weighted by atomic mass is 16.6. The Labute approximate surface area is 168 Å². The largest absolute Gasteiger partial charge is 0.444 e. The molecule has 1 aromatic rings. The number of ether oxygens (including phenoxy) is 1. The molecule has 5 nitrogen and oxygen atoms in total. The lowest BCUT2D eigenvalue weighted by Gasteiger charge is -2.24. The average molecular weight is 382 g/mol. The minimum Gasteiger partial charge on any atom is -0.444 e. The standard InChI is InChI=1S/C23H31N3O2/c1-16-8-6-11-21(26-22(27)28-23(3,4)5)19-10-7-9-18(14-19)15-20(12-13-24)25-17(16)2/h7,9-11,14,16,20,25H,2,6,8,12,15H2,1,3-5H3,(H,26,27)/b21-11+/t16?,20-/m0/s1.